The van der Waals surface area contributed by atoms with E-state index < -0.39 is 9.84 Å². The summed E-state index contributed by atoms with van der Waals surface area (Å²) in [5, 5.41) is 10.9. The molecule has 204 valence electrons. The van der Waals surface area contributed by atoms with Crippen LogP contribution in [0.1, 0.15) is 17.5 Å². The fourth-order valence-electron chi connectivity index (χ4n) is 5.23. The Bertz CT molecular complexity index is 1750. The van der Waals surface area contributed by atoms with Crippen molar-refractivity contribution in [3.63, 3.8) is 0 Å². The molecule has 0 bridgehead atoms. The van der Waals surface area contributed by atoms with Gasteiger partial charge in [-0.25, -0.2) is 8.42 Å². The van der Waals surface area contributed by atoms with Crippen LogP contribution in [-0.2, 0) is 29.7 Å². The third-order valence-electron chi connectivity index (χ3n) is 7.48. The lowest BCUT2D eigenvalue weighted by molar-refractivity contribution is 0.289. The fourth-order valence-corrected chi connectivity index (χ4v) is 7.40. The second-order valence-electron chi connectivity index (χ2n) is 10.1. The molecule has 0 saturated heterocycles. The zero-order valence-corrected chi connectivity index (χ0v) is 24.0. The van der Waals surface area contributed by atoms with Gasteiger partial charge in [-0.05, 0) is 85.5 Å². The van der Waals surface area contributed by atoms with Crippen molar-refractivity contribution in [1.82, 2.24) is 24.6 Å². The van der Waals surface area contributed by atoms with Crippen molar-refractivity contribution in [2.45, 2.75) is 34.2 Å². The van der Waals surface area contributed by atoms with E-state index in [1.54, 1.807) is 48.3 Å². The topological polar surface area (TPSA) is 81.0 Å². The van der Waals surface area contributed by atoms with Gasteiger partial charge >= 0.3 is 0 Å². The van der Waals surface area contributed by atoms with Crippen LogP contribution in [0, 0.1) is 0 Å². The van der Waals surface area contributed by atoms with Gasteiger partial charge in [0, 0.05) is 43.0 Å². The Morgan fingerprint density at radius 2 is 1.68 bits per heavy atom. The number of pyridine rings is 1. The Balaban J connectivity index is 1.03. The van der Waals surface area contributed by atoms with Crippen molar-refractivity contribution < 1.29 is 8.42 Å². The summed E-state index contributed by atoms with van der Waals surface area (Å²) in [7, 11) is -1.49. The number of thioether (sulfide) groups is 1. The van der Waals surface area contributed by atoms with Crippen molar-refractivity contribution in [2.75, 3.05) is 25.4 Å². The zero-order valence-electron chi connectivity index (χ0n) is 22.4. The Morgan fingerprint density at radius 1 is 0.850 bits per heavy atom. The number of hydrogen-bond acceptors (Lipinski definition) is 7. The van der Waals surface area contributed by atoms with Crippen LogP contribution in [0.3, 0.4) is 0 Å². The summed E-state index contributed by atoms with van der Waals surface area (Å²) < 4.78 is 28.2. The lowest BCUT2D eigenvalue weighted by Gasteiger charge is -2.19. The van der Waals surface area contributed by atoms with Gasteiger partial charge in [-0.15, -0.1) is 10.2 Å². The SMILES string of the molecule is Cn1c(SCCCN2CCc3ccc(S(=O)(=O)c4ccccc4)cc3CC2)nnc1-c1ccc2ncccc2c1. The van der Waals surface area contributed by atoms with Crippen molar-refractivity contribution in [3.8, 4) is 11.4 Å². The summed E-state index contributed by atoms with van der Waals surface area (Å²) >= 11 is 1.73. The van der Waals surface area contributed by atoms with E-state index in [-0.39, 0.29) is 0 Å². The van der Waals surface area contributed by atoms with E-state index in [1.165, 1.54) is 5.56 Å². The standard InChI is InChI=1S/C31H31N5O2S2/c1-35-30(26-11-13-29-25(21-26)7-5-16-32-29)33-34-31(35)39-20-6-17-36-18-14-23-10-12-28(22-24(23)15-19-36)40(37,38)27-8-3-2-4-9-27/h2-5,7-13,16,21-22H,6,14-15,17-20H2,1H3. The monoisotopic (exact) mass is 569 g/mol. The molecule has 7 nitrogen and oxygen atoms in total. The quantitative estimate of drug-likeness (QED) is 0.182. The van der Waals surface area contributed by atoms with Crippen LogP contribution in [0.15, 0.2) is 100 Å². The molecule has 1 aliphatic rings. The van der Waals surface area contributed by atoms with Crippen LogP contribution in [0.2, 0.25) is 0 Å². The summed E-state index contributed by atoms with van der Waals surface area (Å²) in [5.74, 6) is 1.81. The molecule has 0 radical (unpaired) electrons. The second kappa shape index (κ2) is 11.5. The molecule has 0 saturated carbocycles. The molecule has 0 fully saturated rings. The molecular formula is C31H31N5O2S2. The molecule has 3 heterocycles. The van der Waals surface area contributed by atoms with E-state index in [1.807, 2.05) is 43.4 Å². The third-order valence-corrected chi connectivity index (χ3v) is 10.4. The zero-order chi connectivity index (χ0) is 27.5. The molecule has 40 heavy (non-hydrogen) atoms. The third kappa shape index (κ3) is 5.54. The smallest absolute Gasteiger partial charge is 0.206 e. The molecule has 6 rings (SSSR count). The fraction of sp³-hybridized carbons (Fsp3) is 0.258. The average molecular weight is 570 g/mol. The number of hydrogen-bond donors (Lipinski definition) is 0. The van der Waals surface area contributed by atoms with E-state index in [2.05, 4.69) is 36.8 Å². The Morgan fingerprint density at radius 3 is 2.52 bits per heavy atom. The molecule has 0 N–H and O–H groups in total. The Hall–Kier alpha value is -3.53. The van der Waals surface area contributed by atoms with Crippen molar-refractivity contribution in [1.29, 1.82) is 0 Å². The minimum absolute atomic E-state index is 0.340. The van der Waals surface area contributed by atoms with Gasteiger partial charge in [-0.1, -0.05) is 42.1 Å². The molecule has 0 spiro atoms. The molecule has 0 atom stereocenters. The van der Waals surface area contributed by atoms with E-state index >= 15 is 0 Å². The minimum atomic E-state index is -3.50. The number of aromatic nitrogens is 4. The van der Waals surface area contributed by atoms with Gasteiger partial charge in [0.2, 0.25) is 9.84 Å². The van der Waals surface area contributed by atoms with Gasteiger partial charge in [0.05, 0.1) is 15.3 Å². The number of benzene rings is 3. The van der Waals surface area contributed by atoms with E-state index in [0.717, 1.165) is 77.7 Å². The lowest BCUT2D eigenvalue weighted by atomic mass is 10.0. The summed E-state index contributed by atoms with van der Waals surface area (Å²) in [6, 6.07) is 24.5. The maximum atomic E-state index is 13.1. The highest BCUT2D eigenvalue weighted by molar-refractivity contribution is 7.99. The maximum absolute atomic E-state index is 13.1. The highest BCUT2D eigenvalue weighted by atomic mass is 32.2. The first-order chi connectivity index (χ1) is 19.5. The first-order valence-electron chi connectivity index (χ1n) is 13.5. The van der Waals surface area contributed by atoms with Gasteiger partial charge in [-0.3, -0.25) is 4.98 Å². The molecular weight excluding hydrogens is 539 g/mol. The van der Waals surface area contributed by atoms with Gasteiger partial charge in [0.1, 0.15) is 0 Å². The molecule has 9 heteroatoms. The molecule has 1 aliphatic heterocycles. The maximum Gasteiger partial charge on any atom is 0.206 e. The summed E-state index contributed by atoms with van der Waals surface area (Å²) in [6.07, 6.45) is 4.63. The number of sulfone groups is 1. The number of rotatable bonds is 8. The first-order valence-corrected chi connectivity index (χ1v) is 16.0. The summed E-state index contributed by atoms with van der Waals surface area (Å²) in [6.45, 7) is 2.91. The van der Waals surface area contributed by atoms with Gasteiger partial charge in [0.25, 0.3) is 0 Å². The second-order valence-corrected chi connectivity index (χ2v) is 13.1. The van der Waals surface area contributed by atoms with E-state index in [9.17, 15) is 8.42 Å². The van der Waals surface area contributed by atoms with Crippen molar-refractivity contribution in [2.24, 2.45) is 7.05 Å². The lowest BCUT2D eigenvalue weighted by Crippen LogP contribution is -2.27. The van der Waals surface area contributed by atoms with Crippen molar-refractivity contribution >= 4 is 32.5 Å². The summed E-state index contributed by atoms with van der Waals surface area (Å²) in [5.41, 5.74) is 4.40. The molecule has 2 aromatic heterocycles. The Labute approximate surface area is 239 Å². The predicted molar refractivity (Wildman–Crippen MR) is 159 cm³/mol. The molecule has 0 unspecified atom stereocenters. The normalized spacial score (nSPS) is 14.2. The van der Waals surface area contributed by atoms with Crippen LogP contribution in [0.5, 0.6) is 0 Å². The number of fused-ring (bicyclic) bond motifs is 2. The molecule has 5 aromatic rings. The van der Waals surface area contributed by atoms with E-state index in [0.29, 0.717) is 9.79 Å². The van der Waals surface area contributed by atoms with Crippen LogP contribution in [0.25, 0.3) is 22.3 Å². The largest absolute Gasteiger partial charge is 0.305 e. The van der Waals surface area contributed by atoms with Crippen LogP contribution in [-0.4, -0.2) is 58.5 Å². The number of nitrogens with zero attached hydrogens (tertiary/aromatic N) is 5. The Kier molecular flexibility index (Phi) is 7.69. The average Bonchev–Trinajstić information content (AvgIpc) is 3.23. The van der Waals surface area contributed by atoms with Gasteiger partial charge in [0.15, 0.2) is 11.0 Å². The molecule has 0 amide bonds. The van der Waals surface area contributed by atoms with E-state index in [4.69, 9.17) is 0 Å². The van der Waals surface area contributed by atoms with Crippen LogP contribution in [0.4, 0.5) is 0 Å². The van der Waals surface area contributed by atoms with Gasteiger partial charge < -0.3 is 9.47 Å². The molecule has 3 aromatic carbocycles. The van der Waals surface area contributed by atoms with Gasteiger partial charge in [-0.2, -0.15) is 0 Å². The van der Waals surface area contributed by atoms with Crippen molar-refractivity contribution in [3.05, 3.63) is 96.2 Å². The predicted octanol–water partition coefficient (Wildman–Crippen LogP) is 5.45. The highest BCUT2D eigenvalue weighted by Gasteiger charge is 2.21. The van der Waals surface area contributed by atoms with Crippen LogP contribution < -0.4 is 0 Å². The summed E-state index contributed by atoms with van der Waals surface area (Å²) in [4.78, 5) is 7.60. The first kappa shape index (κ1) is 26.7. The minimum Gasteiger partial charge on any atom is -0.305 e. The molecule has 0 aliphatic carbocycles. The van der Waals surface area contributed by atoms with Crippen LogP contribution >= 0.6 is 11.8 Å². The highest BCUT2D eigenvalue weighted by Crippen LogP contribution is 2.27.